The van der Waals surface area contributed by atoms with E-state index < -0.39 is 24.1 Å². The number of nitrogens with one attached hydrogen (secondary N) is 1. The van der Waals surface area contributed by atoms with Crippen LogP contribution in [0.5, 0.6) is 0 Å². The average Bonchev–Trinajstić information content (AvgIpc) is 3.00. The molecule has 118 valence electrons. The van der Waals surface area contributed by atoms with E-state index in [1.165, 1.54) is 4.90 Å². The van der Waals surface area contributed by atoms with Crippen molar-refractivity contribution >= 4 is 17.9 Å². The molecule has 8 heteroatoms. The summed E-state index contributed by atoms with van der Waals surface area (Å²) in [6.07, 6.45) is 0.987. The molecule has 21 heavy (non-hydrogen) atoms. The molecule has 2 rings (SSSR count). The fraction of sp³-hybridized carbons (Fsp3) is 0.769. The lowest BCUT2D eigenvalue weighted by Crippen LogP contribution is -2.55. The van der Waals surface area contributed by atoms with E-state index in [1.54, 1.807) is 11.8 Å². The van der Waals surface area contributed by atoms with Crippen LogP contribution in [0.15, 0.2) is 0 Å². The van der Waals surface area contributed by atoms with Gasteiger partial charge in [0.25, 0.3) is 0 Å². The zero-order chi connectivity index (χ0) is 15.4. The first-order chi connectivity index (χ1) is 9.99. The molecule has 2 unspecified atom stereocenters. The second-order valence-corrected chi connectivity index (χ2v) is 5.35. The first kappa shape index (κ1) is 15.6. The zero-order valence-corrected chi connectivity index (χ0v) is 12.1. The van der Waals surface area contributed by atoms with Gasteiger partial charge in [0.2, 0.25) is 5.91 Å². The van der Waals surface area contributed by atoms with Gasteiger partial charge in [-0.15, -0.1) is 0 Å². The largest absolute Gasteiger partial charge is 0.479 e. The second-order valence-electron chi connectivity index (χ2n) is 5.35. The molecule has 0 aliphatic carbocycles. The SMILES string of the molecule is CC(NC(=O)N1CCOC(C(=O)O)C1)C(=O)N1CCCC1. The van der Waals surface area contributed by atoms with Gasteiger partial charge in [0, 0.05) is 19.6 Å². The van der Waals surface area contributed by atoms with Crippen LogP contribution in [0, 0.1) is 0 Å². The van der Waals surface area contributed by atoms with Gasteiger partial charge in [-0.2, -0.15) is 0 Å². The van der Waals surface area contributed by atoms with Crippen LogP contribution in [0.25, 0.3) is 0 Å². The maximum atomic E-state index is 12.1. The maximum absolute atomic E-state index is 12.1. The molecule has 0 aromatic carbocycles. The van der Waals surface area contributed by atoms with E-state index >= 15 is 0 Å². The van der Waals surface area contributed by atoms with Crippen LogP contribution in [0.3, 0.4) is 0 Å². The van der Waals surface area contributed by atoms with Crippen molar-refractivity contribution in [3.63, 3.8) is 0 Å². The summed E-state index contributed by atoms with van der Waals surface area (Å²) < 4.78 is 5.06. The van der Waals surface area contributed by atoms with Gasteiger partial charge in [0.15, 0.2) is 6.10 Å². The Morgan fingerprint density at radius 1 is 1.19 bits per heavy atom. The zero-order valence-electron chi connectivity index (χ0n) is 12.1. The number of ether oxygens (including phenoxy) is 1. The average molecular weight is 299 g/mol. The van der Waals surface area contributed by atoms with Gasteiger partial charge in [-0.05, 0) is 19.8 Å². The third kappa shape index (κ3) is 3.84. The van der Waals surface area contributed by atoms with Crippen LogP contribution < -0.4 is 5.32 Å². The van der Waals surface area contributed by atoms with Gasteiger partial charge in [-0.1, -0.05) is 0 Å². The first-order valence-electron chi connectivity index (χ1n) is 7.17. The van der Waals surface area contributed by atoms with Crippen molar-refractivity contribution in [1.82, 2.24) is 15.1 Å². The number of likely N-dealkylation sites (tertiary alicyclic amines) is 1. The van der Waals surface area contributed by atoms with Gasteiger partial charge in [-0.25, -0.2) is 9.59 Å². The number of amides is 3. The summed E-state index contributed by atoms with van der Waals surface area (Å²) in [7, 11) is 0. The highest BCUT2D eigenvalue weighted by molar-refractivity contribution is 5.87. The molecule has 0 aromatic heterocycles. The quantitative estimate of drug-likeness (QED) is 0.731. The Labute approximate surface area is 123 Å². The molecule has 2 saturated heterocycles. The standard InChI is InChI=1S/C13H21N3O5/c1-9(11(17)15-4-2-3-5-15)14-13(20)16-6-7-21-10(8-16)12(18)19/h9-10H,2-8H2,1H3,(H,14,20)(H,18,19). The van der Waals surface area contributed by atoms with Crippen molar-refractivity contribution in [2.24, 2.45) is 0 Å². The molecule has 2 aliphatic heterocycles. The highest BCUT2D eigenvalue weighted by Crippen LogP contribution is 2.10. The highest BCUT2D eigenvalue weighted by Gasteiger charge is 2.31. The molecule has 8 nitrogen and oxygen atoms in total. The lowest BCUT2D eigenvalue weighted by molar-refractivity contribution is -0.154. The number of carboxylic acids is 1. The summed E-state index contributed by atoms with van der Waals surface area (Å²) in [6.45, 7) is 3.61. The van der Waals surface area contributed by atoms with Crippen molar-refractivity contribution in [2.45, 2.75) is 31.9 Å². The number of morpholine rings is 1. The van der Waals surface area contributed by atoms with E-state index in [2.05, 4.69) is 5.32 Å². The predicted octanol–water partition coefficient (Wildman–Crippen LogP) is -0.508. The van der Waals surface area contributed by atoms with Crippen LogP contribution in [0.1, 0.15) is 19.8 Å². The van der Waals surface area contributed by atoms with Crippen LogP contribution in [-0.2, 0) is 14.3 Å². The molecule has 0 bridgehead atoms. The Balaban J connectivity index is 1.85. The molecule has 0 saturated carbocycles. The normalized spacial score (nSPS) is 23.8. The summed E-state index contributed by atoms with van der Waals surface area (Å²) in [5.74, 6) is -1.18. The Morgan fingerprint density at radius 2 is 1.86 bits per heavy atom. The fourth-order valence-electron chi connectivity index (χ4n) is 2.53. The fourth-order valence-corrected chi connectivity index (χ4v) is 2.53. The van der Waals surface area contributed by atoms with Crippen molar-refractivity contribution < 1.29 is 24.2 Å². The summed E-state index contributed by atoms with van der Waals surface area (Å²) >= 11 is 0. The number of hydrogen-bond donors (Lipinski definition) is 2. The summed E-state index contributed by atoms with van der Waals surface area (Å²) in [5.41, 5.74) is 0. The Kier molecular flexibility index (Phi) is 5.00. The molecular formula is C13H21N3O5. The number of hydrogen-bond acceptors (Lipinski definition) is 4. The number of carbonyl (C=O) groups excluding carboxylic acids is 2. The van der Waals surface area contributed by atoms with Crippen molar-refractivity contribution in [1.29, 1.82) is 0 Å². The summed E-state index contributed by atoms with van der Waals surface area (Å²) in [5, 5.41) is 11.5. The van der Waals surface area contributed by atoms with Crippen molar-refractivity contribution in [3.05, 3.63) is 0 Å². The molecule has 0 radical (unpaired) electrons. The van der Waals surface area contributed by atoms with Crippen LogP contribution >= 0.6 is 0 Å². The van der Waals surface area contributed by atoms with E-state index in [0.29, 0.717) is 6.54 Å². The minimum Gasteiger partial charge on any atom is -0.479 e. The molecule has 3 amide bonds. The van der Waals surface area contributed by atoms with Gasteiger partial charge in [0.1, 0.15) is 6.04 Å². The minimum absolute atomic E-state index is 0.00814. The number of aliphatic carboxylic acids is 1. The minimum atomic E-state index is -1.09. The van der Waals surface area contributed by atoms with Crippen LogP contribution in [0.4, 0.5) is 4.79 Å². The molecule has 2 aliphatic rings. The van der Waals surface area contributed by atoms with E-state index in [0.717, 1.165) is 25.9 Å². The van der Waals surface area contributed by atoms with E-state index in [4.69, 9.17) is 9.84 Å². The van der Waals surface area contributed by atoms with E-state index in [1.807, 2.05) is 0 Å². The first-order valence-corrected chi connectivity index (χ1v) is 7.17. The Morgan fingerprint density at radius 3 is 2.48 bits per heavy atom. The molecule has 0 spiro atoms. The van der Waals surface area contributed by atoms with Crippen LogP contribution in [-0.4, -0.2) is 77.7 Å². The molecule has 2 N–H and O–H groups in total. The lowest BCUT2D eigenvalue weighted by atomic mass is 10.2. The number of carboxylic acid groups (broad SMARTS) is 1. The monoisotopic (exact) mass is 299 g/mol. The predicted molar refractivity (Wildman–Crippen MR) is 72.8 cm³/mol. The molecule has 2 fully saturated rings. The van der Waals surface area contributed by atoms with Gasteiger partial charge >= 0.3 is 12.0 Å². The van der Waals surface area contributed by atoms with E-state index in [9.17, 15) is 14.4 Å². The highest BCUT2D eigenvalue weighted by atomic mass is 16.5. The van der Waals surface area contributed by atoms with E-state index in [-0.39, 0.29) is 19.1 Å². The van der Waals surface area contributed by atoms with Gasteiger partial charge in [-0.3, -0.25) is 4.79 Å². The Hall–Kier alpha value is -1.83. The number of carbonyl (C=O) groups is 3. The third-order valence-electron chi connectivity index (χ3n) is 3.76. The summed E-state index contributed by atoms with van der Waals surface area (Å²) in [6, 6.07) is -1.04. The van der Waals surface area contributed by atoms with Gasteiger partial charge in [0.05, 0.1) is 13.2 Å². The van der Waals surface area contributed by atoms with Crippen molar-refractivity contribution in [3.8, 4) is 0 Å². The van der Waals surface area contributed by atoms with Crippen LogP contribution in [0.2, 0.25) is 0 Å². The number of urea groups is 1. The smallest absolute Gasteiger partial charge is 0.334 e. The second kappa shape index (κ2) is 6.75. The lowest BCUT2D eigenvalue weighted by Gasteiger charge is -2.32. The molecular weight excluding hydrogens is 278 g/mol. The summed E-state index contributed by atoms with van der Waals surface area (Å²) in [4.78, 5) is 38.2. The van der Waals surface area contributed by atoms with Gasteiger partial charge < -0.3 is 25.0 Å². The number of nitrogens with zero attached hydrogens (tertiary/aromatic N) is 2. The third-order valence-corrected chi connectivity index (χ3v) is 3.76. The Bertz CT molecular complexity index is 422. The molecule has 2 atom stereocenters. The number of rotatable bonds is 3. The van der Waals surface area contributed by atoms with Crippen molar-refractivity contribution in [2.75, 3.05) is 32.8 Å². The molecule has 2 heterocycles. The topological polar surface area (TPSA) is 99.2 Å². The molecule has 0 aromatic rings. The maximum Gasteiger partial charge on any atom is 0.334 e.